The van der Waals surface area contributed by atoms with E-state index in [0.29, 0.717) is 12.1 Å². The third-order valence-corrected chi connectivity index (χ3v) is 3.78. The molecular formula is C18H28N2O3. The Morgan fingerprint density at radius 3 is 3.04 bits per heavy atom. The van der Waals surface area contributed by atoms with Crippen molar-refractivity contribution in [3.05, 3.63) is 23.8 Å². The minimum Gasteiger partial charge on any atom is -0.487 e. The number of unbranched alkanes of at least 4 members (excludes halogenated alkanes) is 1. The van der Waals surface area contributed by atoms with Crippen LogP contribution in [0.1, 0.15) is 43.5 Å². The minimum atomic E-state index is 0.0973. The second kappa shape index (κ2) is 9.53. The number of benzene rings is 1. The number of carbonyl (C=O) groups is 1. The normalized spacial score (nSPS) is 16.3. The Hall–Kier alpha value is -1.59. The molecule has 0 spiro atoms. The predicted octanol–water partition coefficient (Wildman–Crippen LogP) is 2.86. The van der Waals surface area contributed by atoms with Crippen LogP contribution in [0.5, 0.6) is 5.75 Å². The van der Waals surface area contributed by atoms with E-state index in [1.165, 1.54) is 0 Å². The fourth-order valence-electron chi connectivity index (χ4n) is 2.41. The van der Waals surface area contributed by atoms with Gasteiger partial charge in [0.1, 0.15) is 11.9 Å². The van der Waals surface area contributed by atoms with E-state index in [4.69, 9.17) is 9.47 Å². The molecule has 0 bridgehead atoms. The summed E-state index contributed by atoms with van der Waals surface area (Å²) in [5.41, 5.74) is 1.61. The van der Waals surface area contributed by atoms with E-state index in [1.807, 2.05) is 25.1 Å². The number of Topliss-reactive ketones (excluding diaryl/α,β-unsaturated/α-hetero) is 1. The summed E-state index contributed by atoms with van der Waals surface area (Å²) in [5.74, 6) is 0.914. The Bertz CT molecular complexity index is 505. The van der Waals surface area contributed by atoms with Gasteiger partial charge in [0, 0.05) is 18.8 Å². The fraction of sp³-hybridized carbons (Fsp3) is 0.611. The maximum Gasteiger partial charge on any atom is 0.176 e. The van der Waals surface area contributed by atoms with Crippen LogP contribution in [0.3, 0.4) is 0 Å². The van der Waals surface area contributed by atoms with E-state index in [2.05, 4.69) is 17.6 Å². The maximum absolute atomic E-state index is 12.2. The Morgan fingerprint density at radius 1 is 1.39 bits per heavy atom. The van der Waals surface area contributed by atoms with Crippen molar-refractivity contribution in [1.82, 2.24) is 5.32 Å². The number of anilines is 1. The molecule has 1 atom stereocenters. The van der Waals surface area contributed by atoms with Gasteiger partial charge in [-0.15, -0.1) is 0 Å². The summed E-state index contributed by atoms with van der Waals surface area (Å²) >= 11 is 0. The van der Waals surface area contributed by atoms with Crippen LogP contribution >= 0.6 is 0 Å². The number of hydrogen-bond acceptors (Lipinski definition) is 5. The summed E-state index contributed by atoms with van der Waals surface area (Å²) in [4.78, 5) is 12.2. The summed E-state index contributed by atoms with van der Waals surface area (Å²) in [6.45, 7) is 7.66. The first-order valence-corrected chi connectivity index (χ1v) is 8.57. The summed E-state index contributed by atoms with van der Waals surface area (Å²) < 4.78 is 11.2. The lowest BCUT2D eigenvalue weighted by atomic mass is 10.1. The SMILES string of the molecule is CCCCOCCCNCC(=O)c1ccc2c(c1)NCC(C)O2. The third-order valence-electron chi connectivity index (χ3n) is 3.78. The Labute approximate surface area is 138 Å². The van der Waals surface area contributed by atoms with Crippen molar-refractivity contribution in [2.24, 2.45) is 0 Å². The molecule has 1 aromatic rings. The second-order valence-corrected chi connectivity index (χ2v) is 5.94. The lowest BCUT2D eigenvalue weighted by Gasteiger charge is -2.25. The van der Waals surface area contributed by atoms with Crippen molar-refractivity contribution in [3.63, 3.8) is 0 Å². The molecule has 0 aliphatic carbocycles. The van der Waals surface area contributed by atoms with E-state index >= 15 is 0 Å². The van der Waals surface area contributed by atoms with Crippen LogP contribution in [0.4, 0.5) is 5.69 Å². The molecule has 0 fully saturated rings. The van der Waals surface area contributed by atoms with Crippen LogP contribution < -0.4 is 15.4 Å². The van der Waals surface area contributed by atoms with Gasteiger partial charge in [0.2, 0.25) is 0 Å². The fourth-order valence-corrected chi connectivity index (χ4v) is 2.41. The van der Waals surface area contributed by atoms with E-state index in [9.17, 15) is 4.79 Å². The summed E-state index contributed by atoms with van der Waals surface area (Å²) in [6.07, 6.45) is 3.35. The van der Waals surface area contributed by atoms with Crippen molar-refractivity contribution in [2.45, 2.75) is 39.2 Å². The van der Waals surface area contributed by atoms with Gasteiger partial charge in [0.25, 0.3) is 0 Å². The van der Waals surface area contributed by atoms with E-state index in [-0.39, 0.29) is 11.9 Å². The number of fused-ring (bicyclic) bond motifs is 1. The number of carbonyl (C=O) groups excluding carboxylic acids is 1. The molecule has 5 heteroatoms. The van der Waals surface area contributed by atoms with Gasteiger partial charge in [-0.05, 0) is 44.5 Å². The zero-order chi connectivity index (χ0) is 16.5. The summed E-state index contributed by atoms with van der Waals surface area (Å²) in [7, 11) is 0. The molecule has 2 N–H and O–H groups in total. The van der Waals surface area contributed by atoms with Gasteiger partial charge in [0.05, 0.1) is 18.8 Å². The molecule has 0 saturated heterocycles. The average molecular weight is 320 g/mol. The van der Waals surface area contributed by atoms with E-state index < -0.39 is 0 Å². The number of hydrogen-bond donors (Lipinski definition) is 2. The molecule has 0 radical (unpaired) electrons. The molecule has 0 amide bonds. The largest absolute Gasteiger partial charge is 0.487 e. The smallest absolute Gasteiger partial charge is 0.176 e. The first kappa shape index (κ1) is 17.8. The van der Waals surface area contributed by atoms with Crippen LogP contribution in [-0.4, -0.2) is 44.7 Å². The van der Waals surface area contributed by atoms with Crippen molar-refractivity contribution in [2.75, 3.05) is 38.2 Å². The summed E-state index contributed by atoms with van der Waals surface area (Å²) in [6, 6.07) is 5.57. The second-order valence-electron chi connectivity index (χ2n) is 5.94. The number of ketones is 1. The molecule has 1 aliphatic rings. The lowest BCUT2D eigenvalue weighted by Crippen LogP contribution is -2.28. The molecule has 1 unspecified atom stereocenters. The third kappa shape index (κ3) is 5.84. The Balaban J connectivity index is 1.68. The molecular weight excluding hydrogens is 292 g/mol. The zero-order valence-electron chi connectivity index (χ0n) is 14.2. The van der Waals surface area contributed by atoms with Crippen LogP contribution in [0.2, 0.25) is 0 Å². The Kier molecular flexibility index (Phi) is 7.36. The summed E-state index contributed by atoms with van der Waals surface area (Å²) in [5, 5.41) is 6.47. The first-order chi connectivity index (χ1) is 11.2. The molecule has 0 aromatic heterocycles. The quantitative estimate of drug-likeness (QED) is 0.513. The standard InChI is InChI=1S/C18H28N2O3/c1-3-4-9-22-10-5-8-19-13-17(21)15-6-7-18-16(11-15)20-12-14(2)23-18/h6-7,11,14,19-20H,3-5,8-10,12-13H2,1-2H3. The molecule has 23 heavy (non-hydrogen) atoms. The maximum atomic E-state index is 12.2. The van der Waals surface area contributed by atoms with Crippen molar-refractivity contribution >= 4 is 11.5 Å². The van der Waals surface area contributed by atoms with Gasteiger partial charge in [-0.3, -0.25) is 4.79 Å². The van der Waals surface area contributed by atoms with Gasteiger partial charge in [-0.2, -0.15) is 0 Å². The first-order valence-electron chi connectivity index (χ1n) is 8.57. The number of nitrogens with one attached hydrogen (secondary N) is 2. The number of rotatable bonds is 10. The van der Waals surface area contributed by atoms with Gasteiger partial charge in [0.15, 0.2) is 5.78 Å². The van der Waals surface area contributed by atoms with Crippen LogP contribution in [-0.2, 0) is 4.74 Å². The lowest BCUT2D eigenvalue weighted by molar-refractivity contribution is 0.0986. The minimum absolute atomic E-state index is 0.0973. The van der Waals surface area contributed by atoms with Gasteiger partial charge in [-0.25, -0.2) is 0 Å². The van der Waals surface area contributed by atoms with E-state index in [0.717, 1.165) is 57.0 Å². The average Bonchev–Trinajstić information content (AvgIpc) is 2.56. The molecule has 1 aromatic carbocycles. The van der Waals surface area contributed by atoms with Crippen LogP contribution in [0, 0.1) is 0 Å². The van der Waals surface area contributed by atoms with Crippen molar-refractivity contribution in [1.29, 1.82) is 0 Å². The predicted molar refractivity (Wildman–Crippen MR) is 92.6 cm³/mol. The van der Waals surface area contributed by atoms with E-state index in [1.54, 1.807) is 0 Å². The van der Waals surface area contributed by atoms with Gasteiger partial charge in [-0.1, -0.05) is 13.3 Å². The van der Waals surface area contributed by atoms with Crippen LogP contribution in [0.15, 0.2) is 18.2 Å². The van der Waals surface area contributed by atoms with Gasteiger partial charge < -0.3 is 20.1 Å². The highest BCUT2D eigenvalue weighted by Gasteiger charge is 2.17. The van der Waals surface area contributed by atoms with Crippen LogP contribution in [0.25, 0.3) is 0 Å². The molecule has 1 aliphatic heterocycles. The number of ether oxygens (including phenoxy) is 2. The highest BCUT2D eigenvalue weighted by molar-refractivity contribution is 5.98. The molecule has 5 nitrogen and oxygen atoms in total. The zero-order valence-corrected chi connectivity index (χ0v) is 14.2. The molecule has 0 saturated carbocycles. The van der Waals surface area contributed by atoms with Gasteiger partial charge >= 0.3 is 0 Å². The monoisotopic (exact) mass is 320 g/mol. The highest BCUT2D eigenvalue weighted by atomic mass is 16.5. The topological polar surface area (TPSA) is 59.6 Å². The van der Waals surface area contributed by atoms with Crippen molar-refractivity contribution < 1.29 is 14.3 Å². The Morgan fingerprint density at radius 2 is 2.22 bits per heavy atom. The molecule has 128 valence electrons. The molecule has 1 heterocycles. The highest BCUT2D eigenvalue weighted by Crippen LogP contribution is 2.29. The molecule has 2 rings (SSSR count). The van der Waals surface area contributed by atoms with Crippen molar-refractivity contribution in [3.8, 4) is 5.75 Å².